The van der Waals surface area contributed by atoms with Gasteiger partial charge in [-0.25, -0.2) is 5.10 Å². The van der Waals surface area contributed by atoms with Crippen LogP contribution in [0.3, 0.4) is 0 Å². The first-order valence-electron chi connectivity index (χ1n) is 6.29. The average molecular weight is 307 g/mol. The van der Waals surface area contributed by atoms with E-state index in [0.717, 1.165) is 5.56 Å². The number of thioether (sulfide) groups is 1. The average Bonchev–Trinajstić information content (AvgIpc) is 2.84. The van der Waals surface area contributed by atoms with Gasteiger partial charge in [0, 0.05) is 0 Å². The summed E-state index contributed by atoms with van der Waals surface area (Å²) in [7, 11) is 1.56. The van der Waals surface area contributed by atoms with Crippen LogP contribution in [0.4, 0.5) is 11.6 Å². The highest BCUT2D eigenvalue weighted by Gasteiger charge is 2.18. The molecule has 0 bridgehead atoms. The van der Waals surface area contributed by atoms with Crippen LogP contribution < -0.4 is 15.8 Å². The number of nitrogen functional groups attached to an aromatic ring is 1. The third-order valence-corrected chi connectivity index (χ3v) is 3.71. The smallest absolute Gasteiger partial charge is 0.237 e. The Morgan fingerprint density at radius 3 is 2.90 bits per heavy atom. The van der Waals surface area contributed by atoms with Crippen molar-refractivity contribution in [3.8, 4) is 5.75 Å². The van der Waals surface area contributed by atoms with Crippen molar-refractivity contribution in [3.05, 3.63) is 23.8 Å². The standard InChI is InChI=1S/C13H17N5O2S/c1-7-4-5-10(20-3)9(6-7)15-11(19)8(2)21-13-16-12(14)17-18-13/h4-6,8H,1-3H3,(H,15,19)(H3,14,16,17,18)/t8-/m1/s1. The van der Waals surface area contributed by atoms with Crippen LogP contribution in [0.5, 0.6) is 5.75 Å². The van der Waals surface area contributed by atoms with Gasteiger partial charge in [0.2, 0.25) is 17.0 Å². The number of aromatic nitrogens is 3. The Hall–Kier alpha value is -2.22. The summed E-state index contributed by atoms with van der Waals surface area (Å²) in [5, 5.41) is 9.34. The summed E-state index contributed by atoms with van der Waals surface area (Å²) >= 11 is 1.22. The second-order valence-corrected chi connectivity index (χ2v) is 5.76. The molecule has 0 aliphatic carbocycles. The number of nitrogens with two attached hydrogens (primary N) is 1. The maximum Gasteiger partial charge on any atom is 0.237 e. The Kier molecular flexibility index (Phi) is 4.69. The number of carbonyl (C=O) groups is 1. The first-order chi connectivity index (χ1) is 9.99. The zero-order valence-corrected chi connectivity index (χ0v) is 12.8. The fraction of sp³-hybridized carbons (Fsp3) is 0.308. The van der Waals surface area contributed by atoms with Crippen LogP contribution in [0.15, 0.2) is 23.4 Å². The number of rotatable bonds is 5. The normalized spacial score (nSPS) is 12.0. The van der Waals surface area contributed by atoms with E-state index in [4.69, 9.17) is 10.5 Å². The number of H-pyrrole nitrogens is 1. The van der Waals surface area contributed by atoms with Gasteiger partial charge in [-0.3, -0.25) is 4.79 Å². The van der Waals surface area contributed by atoms with Crippen molar-refractivity contribution in [2.75, 3.05) is 18.2 Å². The van der Waals surface area contributed by atoms with E-state index in [1.807, 2.05) is 25.1 Å². The number of ether oxygens (including phenoxy) is 1. The quantitative estimate of drug-likeness (QED) is 0.728. The van der Waals surface area contributed by atoms with Crippen LogP contribution in [0.1, 0.15) is 12.5 Å². The Morgan fingerprint density at radius 1 is 1.52 bits per heavy atom. The lowest BCUT2D eigenvalue weighted by Gasteiger charge is -2.13. The summed E-state index contributed by atoms with van der Waals surface area (Å²) in [5.74, 6) is 0.686. The number of carbonyl (C=O) groups excluding carboxylic acids is 1. The minimum atomic E-state index is -0.370. The molecule has 0 saturated carbocycles. The molecule has 0 saturated heterocycles. The number of anilines is 2. The van der Waals surface area contributed by atoms with Crippen LogP contribution in [0.25, 0.3) is 0 Å². The molecule has 0 radical (unpaired) electrons. The summed E-state index contributed by atoms with van der Waals surface area (Å²) in [5.41, 5.74) is 7.13. The van der Waals surface area contributed by atoms with Crippen LogP contribution in [0.2, 0.25) is 0 Å². The first-order valence-corrected chi connectivity index (χ1v) is 7.17. The van der Waals surface area contributed by atoms with Gasteiger partial charge < -0.3 is 15.8 Å². The monoisotopic (exact) mass is 307 g/mol. The van der Waals surface area contributed by atoms with Gasteiger partial charge in [-0.2, -0.15) is 4.98 Å². The van der Waals surface area contributed by atoms with Gasteiger partial charge in [-0.1, -0.05) is 17.8 Å². The van der Waals surface area contributed by atoms with Crippen molar-refractivity contribution in [2.24, 2.45) is 0 Å². The van der Waals surface area contributed by atoms with E-state index in [-0.39, 0.29) is 17.1 Å². The molecule has 1 amide bonds. The first kappa shape index (κ1) is 15.2. The third kappa shape index (κ3) is 3.88. The lowest BCUT2D eigenvalue weighted by molar-refractivity contribution is -0.115. The number of aromatic amines is 1. The number of hydrogen-bond donors (Lipinski definition) is 3. The molecule has 21 heavy (non-hydrogen) atoms. The van der Waals surface area contributed by atoms with E-state index in [0.29, 0.717) is 16.6 Å². The van der Waals surface area contributed by atoms with E-state index < -0.39 is 0 Å². The molecule has 7 nitrogen and oxygen atoms in total. The molecule has 0 aliphatic rings. The fourth-order valence-corrected chi connectivity index (χ4v) is 2.41. The second kappa shape index (κ2) is 6.49. The van der Waals surface area contributed by atoms with Crippen LogP contribution in [-0.4, -0.2) is 33.4 Å². The summed E-state index contributed by atoms with van der Waals surface area (Å²) in [6, 6.07) is 5.60. The highest BCUT2D eigenvalue weighted by Crippen LogP contribution is 2.27. The number of benzene rings is 1. The van der Waals surface area contributed by atoms with Crippen molar-refractivity contribution in [3.63, 3.8) is 0 Å². The molecule has 1 heterocycles. The van der Waals surface area contributed by atoms with Crippen molar-refractivity contribution in [2.45, 2.75) is 24.3 Å². The molecular weight excluding hydrogens is 290 g/mol. The largest absolute Gasteiger partial charge is 0.495 e. The highest BCUT2D eigenvalue weighted by atomic mass is 32.2. The Balaban J connectivity index is 2.05. The van der Waals surface area contributed by atoms with Gasteiger partial charge in [-0.15, -0.1) is 5.10 Å². The Bertz CT molecular complexity index is 643. The number of aryl methyl sites for hydroxylation is 1. The fourth-order valence-electron chi connectivity index (χ4n) is 1.68. The molecule has 8 heteroatoms. The van der Waals surface area contributed by atoms with Gasteiger partial charge in [0.15, 0.2) is 0 Å². The van der Waals surface area contributed by atoms with Gasteiger partial charge in [-0.05, 0) is 31.5 Å². The lowest BCUT2D eigenvalue weighted by Crippen LogP contribution is -2.22. The van der Waals surface area contributed by atoms with Gasteiger partial charge in [0.1, 0.15) is 5.75 Å². The van der Waals surface area contributed by atoms with Gasteiger partial charge in [0.05, 0.1) is 18.0 Å². The zero-order chi connectivity index (χ0) is 15.4. The molecule has 0 aliphatic heterocycles. The summed E-state index contributed by atoms with van der Waals surface area (Å²) in [4.78, 5) is 16.2. The molecule has 0 unspecified atom stereocenters. The van der Waals surface area contributed by atoms with Crippen LogP contribution in [-0.2, 0) is 4.79 Å². The van der Waals surface area contributed by atoms with Crippen molar-refractivity contribution in [1.29, 1.82) is 0 Å². The molecule has 0 fully saturated rings. The summed E-state index contributed by atoms with van der Waals surface area (Å²) < 4.78 is 5.23. The third-order valence-electron chi connectivity index (χ3n) is 2.75. The molecule has 1 aromatic carbocycles. The van der Waals surface area contributed by atoms with E-state index in [1.54, 1.807) is 14.0 Å². The molecule has 1 aromatic heterocycles. The molecule has 4 N–H and O–H groups in total. The van der Waals surface area contributed by atoms with E-state index in [1.165, 1.54) is 11.8 Å². The molecular formula is C13H17N5O2S. The van der Waals surface area contributed by atoms with Crippen LogP contribution >= 0.6 is 11.8 Å². The van der Waals surface area contributed by atoms with Crippen molar-refractivity contribution in [1.82, 2.24) is 15.2 Å². The zero-order valence-electron chi connectivity index (χ0n) is 12.0. The van der Waals surface area contributed by atoms with Crippen molar-refractivity contribution < 1.29 is 9.53 Å². The van der Waals surface area contributed by atoms with E-state index in [9.17, 15) is 4.79 Å². The maximum absolute atomic E-state index is 12.2. The minimum Gasteiger partial charge on any atom is -0.495 e. The molecule has 1 atom stereocenters. The van der Waals surface area contributed by atoms with Crippen molar-refractivity contribution >= 4 is 29.3 Å². The SMILES string of the molecule is COc1ccc(C)cc1NC(=O)[C@@H](C)Sc1n[nH]c(N)n1. The van der Waals surface area contributed by atoms with Crippen LogP contribution in [0, 0.1) is 6.92 Å². The molecule has 2 aromatic rings. The lowest BCUT2D eigenvalue weighted by atomic mass is 10.2. The number of amides is 1. The van der Waals surface area contributed by atoms with Gasteiger partial charge in [0.25, 0.3) is 0 Å². The molecule has 112 valence electrons. The predicted octanol–water partition coefficient (Wildman–Crippen LogP) is 1.82. The molecule has 2 rings (SSSR count). The van der Waals surface area contributed by atoms with E-state index >= 15 is 0 Å². The molecule has 0 spiro atoms. The predicted molar refractivity (Wildman–Crippen MR) is 82.5 cm³/mol. The second-order valence-electron chi connectivity index (χ2n) is 4.46. The maximum atomic E-state index is 12.2. The summed E-state index contributed by atoms with van der Waals surface area (Å²) in [6.45, 7) is 3.72. The van der Waals surface area contributed by atoms with E-state index in [2.05, 4.69) is 20.5 Å². The number of nitrogens with one attached hydrogen (secondary N) is 2. The van der Waals surface area contributed by atoms with Gasteiger partial charge >= 0.3 is 0 Å². The Morgan fingerprint density at radius 2 is 2.29 bits per heavy atom. The highest BCUT2D eigenvalue weighted by molar-refractivity contribution is 8.00. The summed E-state index contributed by atoms with van der Waals surface area (Å²) in [6.07, 6.45) is 0. The number of hydrogen-bond acceptors (Lipinski definition) is 6. The number of nitrogens with zero attached hydrogens (tertiary/aromatic N) is 2. The minimum absolute atomic E-state index is 0.160. The topological polar surface area (TPSA) is 106 Å². The number of methoxy groups -OCH3 is 1. The Labute approximate surface area is 126 Å².